The lowest BCUT2D eigenvalue weighted by molar-refractivity contribution is 0.0931. The van der Waals surface area contributed by atoms with Crippen LogP contribution in [0.25, 0.3) is 0 Å². The normalized spacial score (nSPS) is 25.3. The van der Waals surface area contributed by atoms with Gasteiger partial charge >= 0.3 is 0 Å². The van der Waals surface area contributed by atoms with Crippen molar-refractivity contribution in [3.05, 3.63) is 22.5 Å². The molecule has 22 heavy (non-hydrogen) atoms. The van der Waals surface area contributed by atoms with Gasteiger partial charge in [-0.2, -0.15) is 0 Å². The SMILES string of the molecule is Cc1c(C(=O)NC2CCN(C3CC3)C2)[nH]c2c1C(=O)CCC2. The molecule has 2 aliphatic carbocycles. The van der Waals surface area contributed by atoms with Crippen LogP contribution in [0.5, 0.6) is 0 Å². The van der Waals surface area contributed by atoms with Gasteiger partial charge in [0.1, 0.15) is 5.69 Å². The number of H-pyrrole nitrogens is 1. The quantitative estimate of drug-likeness (QED) is 0.895. The minimum absolute atomic E-state index is 0.0534. The summed E-state index contributed by atoms with van der Waals surface area (Å²) in [6.07, 6.45) is 6.00. The minimum atomic E-state index is -0.0534. The van der Waals surface area contributed by atoms with Crippen molar-refractivity contribution in [1.82, 2.24) is 15.2 Å². The molecule has 1 saturated carbocycles. The monoisotopic (exact) mass is 301 g/mol. The van der Waals surface area contributed by atoms with Gasteiger partial charge in [0.2, 0.25) is 0 Å². The van der Waals surface area contributed by atoms with Crippen molar-refractivity contribution in [3.63, 3.8) is 0 Å². The highest BCUT2D eigenvalue weighted by Gasteiger charge is 2.35. The molecule has 2 heterocycles. The Morgan fingerprint density at radius 3 is 2.82 bits per heavy atom. The Hall–Kier alpha value is -1.62. The second-order valence-corrected chi connectivity index (χ2v) is 6.94. The molecule has 0 spiro atoms. The zero-order chi connectivity index (χ0) is 15.3. The fourth-order valence-electron chi connectivity index (χ4n) is 3.94. The summed E-state index contributed by atoms with van der Waals surface area (Å²) in [5.74, 6) is 0.122. The molecule has 2 N–H and O–H groups in total. The van der Waals surface area contributed by atoms with Gasteiger partial charge in [-0.05, 0) is 44.6 Å². The first-order valence-electron chi connectivity index (χ1n) is 8.43. The summed E-state index contributed by atoms with van der Waals surface area (Å²) in [4.78, 5) is 30.3. The van der Waals surface area contributed by atoms with Crippen molar-refractivity contribution >= 4 is 11.7 Å². The minimum Gasteiger partial charge on any atom is -0.354 e. The van der Waals surface area contributed by atoms with Gasteiger partial charge < -0.3 is 10.3 Å². The molecule has 5 nitrogen and oxygen atoms in total. The Kier molecular flexibility index (Phi) is 3.33. The predicted molar refractivity (Wildman–Crippen MR) is 83.3 cm³/mol. The first-order valence-corrected chi connectivity index (χ1v) is 8.43. The van der Waals surface area contributed by atoms with E-state index in [1.165, 1.54) is 12.8 Å². The molecule has 118 valence electrons. The highest BCUT2D eigenvalue weighted by molar-refractivity contribution is 6.04. The maximum atomic E-state index is 12.6. The van der Waals surface area contributed by atoms with E-state index < -0.39 is 0 Å². The second kappa shape index (κ2) is 5.23. The van der Waals surface area contributed by atoms with Crippen LogP contribution in [0.15, 0.2) is 0 Å². The molecule has 0 bridgehead atoms. The summed E-state index contributed by atoms with van der Waals surface area (Å²) in [6, 6.07) is 1.00. The molecular formula is C17H23N3O2. The van der Waals surface area contributed by atoms with Crippen LogP contribution >= 0.6 is 0 Å². The number of hydrogen-bond donors (Lipinski definition) is 2. The number of aromatic nitrogens is 1. The molecule has 1 atom stereocenters. The van der Waals surface area contributed by atoms with Crippen molar-refractivity contribution in [2.24, 2.45) is 0 Å². The zero-order valence-corrected chi connectivity index (χ0v) is 13.1. The molecule has 0 aromatic carbocycles. The lowest BCUT2D eigenvalue weighted by Gasteiger charge is -2.15. The maximum Gasteiger partial charge on any atom is 0.268 e. The fraction of sp³-hybridized carbons (Fsp3) is 0.647. The molecule has 5 heteroatoms. The first kappa shape index (κ1) is 14.0. The summed E-state index contributed by atoms with van der Waals surface area (Å²) in [6.45, 7) is 3.95. The number of fused-ring (bicyclic) bond motifs is 1. The highest BCUT2D eigenvalue weighted by Crippen LogP contribution is 2.30. The molecule has 0 radical (unpaired) electrons. The van der Waals surface area contributed by atoms with Crippen LogP contribution in [-0.4, -0.2) is 46.7 Å². The zero-order valence-electron chi connectivity index (χ0n) is 13.1. The first-order chi connectivity index (χ1) is 10.6. The molecule has 1 saturated heterocycles. The van der Waals surface area contributed by atoms with E-state index in [4.69, 9.17) is 0 Å². The Morgan fingerprint density at radius 1 is 1.27 bits per heavy atom. The summed E-state index contributed by atoms with van der Waals surface area (Å²) in [5.41, 5.74) is 3.13. The molecule has 1 aromatic heterocycles. The molecule has 2 fully saturated rings. The van der Waals surface area contributed by atoms with E-state index in [-0.39, 0.29) is 17.7 Å². The van der Waals surface area contributed by atoms with Crippen LogP contribution in [0.2, 0.25) is 0 Å². The molecule has 3 aliphatic rings. The van der Waals surface area contributed by atoms with E-state index in [9.17, 15) is 9.59 Å². The number of nitrogens with zero attached hydrogens (tertiary/aromatic N) is 1. The Balaban J connectivity index is 1.48. The maximum absolute atomic E-state index is 12.6. The van der Waals surface area contributed by atoms with Crippen LogP contribution in [0, 0.1) is 6.92 Å². The van der Waals surface area contributed by atoms with Crippen LogP contribution < -0.4 is 5.32 Å². The third-order valence-corrected chi connectivity index (χ3v) is 5.28. The fourth-order valence-corrected chi connectivity index (χ4v) is 3.94. The molecule has 1 amide bonds. The number of rotatable bonds is 3. The average molecular weight is 301 g/mol. The van der Waals surface area contributed by atoms with Crippen molar-refractivity contribution in [1.29, 1.82) is 0 Å². The van der Waals surface area contributed by atoms with E-state index >= 15 is 0 Å². The number of nitrogens with one attached hydrogen (secondary N) is 2. The van der Waals surface area contributed by atoms with E-state index in [1.807, 2.05) is 6.92 Å². The largest absolute Gasteiger partial charge is 0.354 e. The van der Waals surface area contributed by atoms with Crippen LogP contribution in [-0.2, 0) is 6.42 Å². The smallest absolute Gasteiger partial charge is 0.268 e. The third-order valence-electron chi connectivity index (χ3n) is 5.28. The van der Waals surface area contributed by atoms with E-state index in [0.717, 1.165) is 55.2 Å². The lowest BCUT2D eigenvalue weighted by Crippen LogP contribution is -2.37. The van der Waals surface area contributed by atoms with Gasteiger partial charge in [-0.15, -0.1) is 0 Å². The highest BCUT2D eigenvalue weighted by atomic mass is 16.2. The average Bonchev–Trinajstić information content (AvgIpc) is 3.14. The summed E-state index contributed by atoms with van der Waals surface area (Å²) < 4.78 is 0. The van der Waals surface area contributed by atoms with E-state index in [0.29, 0.717) is 12.1 Å². The molecular weight excluding hydrogens is 278 g/mol. The summed E-state index contributed by atoms with van der Waals surface area (Å²) in [7, 11) is 0. The van der Waals surface area contributed by atoms with Gasteiger partial charge in [0.05, 0.1) is 0 Å². The summed E-state index contributed by atoms with van der Waals surface area (Å²) in [5, 5.41) is 3.15. The number of aryl methyl sites for hydroxylation is 1. The number of likely N-dealkylation sites (tertiary alicyclic amines) is 1. The van der Waals surface area contributed by atoms with Gasteiger partial charge in [0.25, 0.3) is 5.91 Å². The topological polar surface area (TPSA) is 65.2 Å². The summed E-state index contributed by atoms with van der Waals surface area (Å²) >= 11 is 0. The molecule has 1 aromatic rings. The van der Waals surface area contributed by atoms with Gasteiger partial charge in [-0.3, -0.25) is 14.5 Å². The predicted octanol–water partition coefficient (Wildman–Crippen LogP) is 1.81. The van der Waals surface area contributed by atoms with Crippen LogP contribution in [0.1, 0.15) is 64.2 Å². The van der Waals surface area contributed by atoms with Crippen molar-refractivity contribution in [3.8, 4) is 0 Å². The van der Waals surface area contributed by atoms with Crippen LogP contribution in [0.3, 0.4) is 0 Å². The number of carbonyl (C=O) groups excluding carboxylic acids is 2. The van der Waals surface area contributed by atoms with Crippen molar-refractivity contribution in [2.75, 3.05) is 13.1 Å². The van der Waals surface area contributed by atoms with Gasteiger partial charge in [0, 0.05) is 42.9 Å². The number of hydrogen-bond acceptors (Lipinski definition) is 3. The Bertz CT molecular complexity index is 630. The lowest BCUT2D eigenvalue weighted by atomic mass is 9.94. The molecule has 1 aliphatic heterocycles. The van der Waals surface area contributed by atoms with Gasteiger partial charge in [-0.1, -0.05) is 0 Å². The van der Waals surface area contributed by atoms with Gasteiger partial charge in [0.15, 0.2) is 5.78 Å². The van der Waals surface area contributed by atoms with Gasteiger partial charge in [-0.25, -0.2) is 0 Å². The van der Waals surface area contributed by atoms with Crippen LogP contribution in [0.4, 0.5) is 0 Å². The third kappa shape index (κ3) is 2.37. The number of amides is 1. The molecule has 1 unspecified atom stereocenters. The number of Topliss-reactive ketones (excluding diaryl/α,β-unsaturated/α-hetero) is 1. The number of ketones is 1. The van der Waals surface area contributed by atoms with E-state index in [2.05, 4.69) is 15.2 Å². The van der Waals surface area contributed by atoms with E-state index in [1.54, 1.807) is 0 Å². The van der Waals surface area contributed by atoms with Crippen molar-refractivity contribution < 1.29 is 9.59 Å². The number of aromatic amines is 1. The van der Waals surface area contributed by atoms with Crippen molar-refractivity contribution in [2.45, 2.75) is 57.5 Å². The second-order valence-electron chi connectivity index (χ2n) is 6.94. The number of carbonyl (C=O) groups is 2. The molecule has 4 rings (SSSR count). The Labute approximate surface area is 130 Å². The Morgan fingerprint density at radius 2 is 2.09 bits per heavy atom. The standard InChI is InChI=1S/C17H23N3O2/c1-10-15-13(3-2-4-14(15)21)19-16(10)17(22)18-11-7-8-20(9-11)12-5-6-12/h11-12,19H,2-9H2,1H3,(H,18,22).